The Labute approximate surface area is 122 Å². The highest BCUT2D eigenvalue weighted by Gasteiger charge is 2.31. The number of carbonyl (C=O) groups excluding carboxylic acids is 1. The van der Waals surface area contributed by atoms with Gasteiger partial charge in [0.15, 0.2) is 0 Å². The van der Waals surface area contributed by atoms with E-state index in [1.165, 1.54) is 51.5 Å². The van der Waals surface area contributed by atoms with Gasteiger partial charge in [0.2, 0.25) is 0 Å². The fourth-order valence-electron chi connectivity index (χ4n) is 3.48. The molecule has 116 valence electrons. The predicted octanol–water partition coefficient (Wildman–Crippen LogP) is 1.46. The molecule has 1 aliphatic heterocycles. The van der Waals surface area contributed by atoms with Gasteiger partial charge in [-0.15, -0.1) is 0 Å². The number of rotatable bonds is 5. The lowest BCUT2D eigenvalue weighted by Crippen LogP contribution is -2.48. The van der Waals surface area contributed by atoms with Gasteiger partial charge in [-0.1, -0.05) is 19.3 Å². The molecular weight excluding hydrogens is 254 g/mol. The van der Waals surface area contributed by atoms with E-state index in [-0.39, 0.29) is 6.03 Å². The maximum atomic E-state index is 11.6. The molecule has 0 spiro atoms. The first-order valence-electron chi connectivity index (χ1n) is 8.12. The molecule has 0 aromatic carbocycles. The molecule has 2 amide bonds. The van der Waals surface area contributed by atoms with Gasteiger partial charge in [-0.3, -0.25) is 4.90 Å². The second kappa shape index (κ2) is 7.84. The lowest BCUT2D eigenvalue weighted by Gasteiger charge is -2.35. The summed E-state index contributed by atoms with van der Waals surface area (Å²) in [6.45, 7) is 3.89. The number of amides is 2. The van der Waals surface area contributed by atoms with Crippen LogP contribution in [0.5, 0.6) is 0 Å². The molecule has 1 saturated heterocycles. The average molecular weight is 283 g/mol. The lowest BCUT2D eigenvalue weighted by atomic mass is 9.94. The zero-order chi connectivity index (χ0) is 14.4. The second-order valence-electron chi connectivity index (χ2n) is 6.27. The Balaban J connectivity index is 1.72. The highest BCUT2D eigenvalue weighted by molar-refractivity contribution is 5.73. The molecule has 1 saturated carbocycles. The van der Waals surface area contributed by atoms with Crippen molar-refractivity contribution < 1.29 is 9.90 Å². The number of carbonyl (C=O) groups is 1. The van der Waals surface area contributed by atoms with Crippen molar-refractivity contribution in [1.29, 1.82) is 0 Å². The molecule has 5 heteroatoms. The average Bonchev–Trinajstić information content (AvgIpc) is 2.92. The molecule has 1 aliphatic carbocycles. The fraction of sp³-hybridized carbons (Fsp3) is 0.933. The topological polar surface area (TPSA) is 64.6 Å². The number of aliphatic hydroxyl groups is 1. The second-order valence-corrected chi connectivity index (χ2v) is 6.27. The molecule has 2 rings (SSSR count). The van der Waals surface area contributed by atoms with Gasteiger partial charge in [0.25, 0.3) is 0 Å². The molecule has 0 radical (unpaired) electrons. The molecule has 20 heavy (non-hydrogen) atoms. The number of urea groups is 1. The van der Waals surface area contributed by atoms with Crippen molar-refractivity contribution in [2.75, 3.05) is 19.6 Å². The van der Waals surface area contributed by atoms with E-state index in [1.807, 2.05) is 0 Å². The maximum absolute atomic E-state index is 11.6. The molecule has 3 N–H and O–H groups in total. The van der Waals surface area contributed by atoms with Crippen LogP contribution in [0.4, 0.5) is 4.79 Å². The monoisotopic (exact) mass is 283 g/mol. The molecule has 0 aromatic rings. The molecule has 2 fully saturated rings. The Morgan fingerprint density at radius 1 is 1.20 bits per heavy atom. The Bertz CT molecular complexity index is 303. The van der Waals surface area contributed by atoms with Crippen LogP contribution in [-0.4, -0.2) is 53.9 Å². The number of nitrogens with zero attached hydrogens (tertiary/aromatic N) is 1. The lowest BCUT2D eigenvalue weighted by molar-refractivity contribution is 0.140. The number of hydrogen-bond acceptors (Lipinski definition) is 3. The van der Waals surface area contributed by atoms with Crippen LogP contribution in [0.2, 0.25) is 0 Å². The van der Waals surface area contributed by atoms with Crippen LogP contribution in [0.15, 0.2) is 0 Å². The molecule has 0 bridgehead atoms. The third kappa shape index (κ3) is 4.63. The first-order chi connectivity index (χ1) is 9.66. The minimum Gasteiger partial charge on any atom is -0.392 e. The summed E-state index contributed by atoms with van der Waals surface area (Å²) in [5, 5.41) is 14.8. The van der Waals surface area contributed by atoms with Crippen molar-refractivity contribution in [3.05, 3.63) is 0 Å². The van der Waals surface area contributed by atoms with Gasteiger partial charge in [-0.25, -0.2) is 4.79 Å². The Hall–Kier alpha value is -0.810. The van der Waals surface area contributed by atoms with Gasteiger partial charge >= 0.3 is 6.03 Å². The maximum Gasteiger partial charge on any atom is 0.314 e. The summed E-state index contributed by atoms with van der Waals surface area (Å²) in [4.78, 5) is 14.3. The standard InChI is InChI=1S/C15H29N3O2/c1-12(19)10-16-15(20)17-11-14-8-5-9-18(14)13-6-3-2-4-7-13/h12-14,19H,2-11H2,1H3,(H2,16,17,20)/t12-,14-/m0/s1. The SMILES string of the molecule is C[C@H](O)CNC(=O)NC[C@@H]1CCCN1C1CCCCC1. The third-order valence-electron chi connectivity index (χ3n) is 4.52. The smallest absolute Gasteiger partial charge is 0.314 e. The fourth-order valence-corrected chi connectivity index (χ4v) is 3.48. The highest BCUT2D eigenvalue weighted by atomic mass is 16.3. The first kappa shape index (κ1) is 15.6. The van der Waals surface area contributed by atoms with E-state index in [9.17, 15) is 4.79 Å². The van der Waals surface area contributed by atoms with E-state index < -0.39 is 6.10 Å². The highest BCUT2D eigenvalue weighted by Crippen LogP contribution is 2.28. The largest absolute Gasteiger partial charge is 0.392 e. The summed E-state index contributed by atoms with van der Waals surface area (Å²) in [6.07, 6.45) is 8.69. The molecular formula is C15H29N3O2. The summed E-state index contributed by atoms with van der Waals surface area (Å²) < 4.78 is 0. The summed E-state index contributed by atoms with van der Waals surface area (Å²) in [5.74, 6) is 0. The van der Waals surface area contributed by atoms with Gasteiger partial charge in [0.05, 0.1) is 6.10 Å². The third-order valence-corrected chi connectivity index (χ3v) is 4.52. The summed E-state index contributed by atoms with van der Waals surface area (Å²) in [5.41, 5.74) is 0. The van der Waals surface area contributed by atoms with Crippen LogP contribution in [0.1, 0.15) is 51.9 Å². The predicted molar refractivity (Wildman–Crippen MR) is 79.7 cm³/mol. The van der Waals surface area contributed by atoms with E-state index in [0.717, 1.165) is 12.6 Å². The number of hydrogen-bond donors (Lipinski definition) is 3. The summed E-state index contributed by atoms with van der Waals surface area (Å²) in [6, 6.07) is 1.07. The van der Waals surface area contributed by atoms with Crippen LogP contribution in [0.3, 0.4) is 0 Å². The van der Waals surface area contributed by atoms with Gasteiger partial charge in [0.1, 0.15) is 0 Å². The number of nitrogens with one attached hydrogen (secondary N) is 2. The van der Waals surface area contributed by atoms with E-state index >= 15 is 0 Å². The van der Waals surface area contributed by atoms with Crippen molar-refractivity contribution in [1.82, 2.24) is 15.5 Å². The van der Waals surface area contributed by atoms with Crippen molar-refractivity contribution in [2.24, 2.45) is 0 Å². The number of likely N-dealkylation sites (tertiary alicyclic amines) is 1. The summed E-state index contributed by atoms with van der Waals surface area (Å²) in [7, 11) is 0. The van der Waals surface area contributed by atoms with Crippen LogP contribution in [-0.2, 0) is 0 Å². The molecule has 1 heterocycles. The van der Waals surface area contributed by atoms with Gasteiger partial charge in [0, 0.05) is 25.2 Å². The molecule has 2 aliphatic rings. The van der Waals surface area contributed by atoms with Gasteiger partial charge in [-0.2, -0.15) is 0 Å². The Kier molecular flexibility index (Phi) is 6.10. The van der Waals surface area contributed by atoms with E-state index in [2.05, 4.69) is 15.5 Å². The molecule has 0 unspecified atom stereocenters. The normalized spacial score (nSPS) is 26.4. The molecule has 0 aromatic heterocycles. The van der Waals surface area contributed by atoms with Crippen LogP contribution >= 0.6 is 0 Å². The van der Waals surface area contributed by atoms with Crippen molar-refractivity contribution in [3.8, 4) is 0 Å². The van der Waals surface area contributed by atoms with Crippen LogP contribution in [0.25, 0.3) is 0 Å². The van der Waals surface area contributed by atoms with E-state index in [0.29, 0.717) is 12.6 Å². The Morgan fingerprint density at radius 2 is 1.95 bits per heavy atom. The van der Waals surface area contributed by atoms with Crippen LogP contribution in [0, 0.1) is 0 Å². The Morgan fingerprint density at radius 3 is 2.65 bits per heavy atom. The van der Waals surface area contributed by atoms with Crippen LogP contribution < -0.4 is 10.6 Å². The number of aliphatic hydroxyl groups excluding tert-OH is 1. The summed E-state index contributed by atoms with van der Waals surface area (Å²) >= 11 is 0. The van der Waals surface area contributed by atoms with Crippen molar-refractivity contribution >= 4 is 6.03 Å². The van der Waals surface area contributed by atoms with E-state index in [4.69, 9.17) is 5.11 Å². The minimum atomic E-state index is -0.494. The zero-order valence-electron chi connectivity index (χ0n) is 12.6. The first-order valence-corrected chi connectivity index (χ1v) is 8.12. The zero-order valence-corrected chi connectivity index (χ0v) is 12.6. The van der Waals surface area contributed by atoms with Crippen molar-refractivity contribution in [2.45, 2.75) is 70.1 Å². The molecule has 2 atom stereocenters. The quantitative estimate of drug-likeness (QED) is 0.716. The minimum absolute atomic E-state index is 0.165. The van der Waals surface area contributed by atoms with Gasteiger partial charge < -0.3 is 15.7 Å². The van der Waals surface area contributed by atoms with E-state index in [1.54, 1.807) is 6.92 Å². The van der Waals surface area contributed by atoms with Crippen molar-refractivity contribution in [3.63, 3.8) is 0 Å². The molecule has 5 nitrogen and oxygen atoms in total. The van der Waals surface area contributed by atoms with Gasteiger partial charge in [-0.05, 0) is 39.2 Å².